The third-order valence-electron chi connectivity index (χ3n) is 4.64. The maximum Gasteiger partial charge on any atom is 0.241 e. The Bertz CT molecular complexity index is 992. The number of fused-ring (bicyclic) bond motifs is 1. The van der Waals surface area contributed by atoms with Crippen molar-refractivity contribution in [2.75, 3.05) is 11.4 Å². The average Bonchev–Trinajstić information content (AvgIpc) is 2.62. The van der Waals surface area contributed by atoms with Gasteiger partial charge in [-0.2, -0.15) is 0 Å². The highest BCUT2D eigenvalue weighted by Crippen LogP contribution is 2.30. The molecule has 1 atom stereocenters. The largest absolute Gasteiger partial charge is 0.312 e. The van der Waals surface area contributed by atoms with Gasteiger partial charge >= 0.3 is 0 Å². The summed E-state index contributed by atoms with van der Waals surface area (Å²) in [7, 11) is -3.73. The molecule has 1 heterocycles. The lowest BCUT2D eigenvalue weighted by Gasteiger charge is -2.29. The number of nitrogens with zero attached hydrogens (tertiary/aromatic N) is 1. The zero-order valence-electron chi connectivity index (χ0n) is 15.0. The van der Waals surface area contributed by atoms with E-state index in [-0.39, 0.29) is 10.8 Å². The molecule has 0 radical (unpaired) electrons. The lowest BCUT2D eigenvalue weighted by molar-refractivity contribution is -0.116. The van der Waals surface area contributed by atoms with Crippen LogP contribution in [-0.2, 0) is 21.2 Å². The molecule has 0 saturated heterocycles. The number of hydrogen-bond donors (Lipinski definition) is 1. The molecule has 2 aromatic carbocycles. The summed E-state index contributed by atoms with van der Waals surface area (Å²) < 4.78 is 28.3. The number of sulfonamides is 1. The summed E-state index contributed by atoms with van der Waals surface area (Å²) >= 11 is 11.9. The Balaban J connectivity index is 1.86. The van der Waals surface area contributed by atoms with E-state index in [4.69, 9.17) is 23.2 Å². The first-order valence-corrected chi connectivity index (χ1v) is 10.8. The second kappa shape index (κ2) is 7.80. The van der Waals surface area contributed by atoms with E-state index in [0.717, 1.165) is 24.1 Å². The number of halogens is 2. The Hall–Kier alpha value is -1.60. The van der Waals surface area contributed by atoms with E-state index >= 15 is 0 Å². The number of anilines is 1. The summed E-state index contributed by atoms with van der Waals surface area (Å²) in [6.45, 7) is 3.91. The van der Waals surface area contributed by atoms with Crippen LogP contribution in [0.15, 0.2) is 41.3 Å². The standard InChI is InChI=1S/C19H20Cl2N2O3S/c1-12(14-5-7-17(20)18(21)11-14)22-27(25,26)16-6-8-19-15(10-16)4-3-9-23(19)13(2)24/h5-8,10-12,22H,3-4,9H2,1-2H3/t12-/m1/s1. The number of aryl methyl sites for hydroxylation is 1. The molecule has 8 heteroatoms. The normalized spacial score (nSPS) is 15.3. The lowest BCUT2D eigenvalue weighted by atomic mass is 10.0. The first kappa shape index (κ1) is 20.1. The minimum absolute atomic E-state index is 0.0436. The van der Waals surface area contributed by atoms with Crippen LogP contribution in [0.5, 0.6) is 0 Å². The molecule has 1 aliphatic rings. The Morgan fingerprint density at radius 1 is 1.15 bits per heavy atom. The number of nitrogens with one attached hydrogen (secondary N) is 1. The third-order valence-corrected chi connectivity index (χ3v) is 6.91. The second-order valence-electron chi connectivity index (χ2n) is 6.58. The molecule has 3 rings (SSSR count). The van der Waals surface area contributed by atoms with E-state index in [1.807, 2.05) is 0 Å². The summed E-state index contributed by atoms with van der Waals surface area (Å²) in [6.07, 6.45) is 1.55. The van der Waals surface area contributed by atoms with Gasteiger partial charge in [-0.3, -0.25) is 4.79 Å². The van der Waals surface area contributed by atoms with Crippen molar-refractivity contribution >= 4 is 44.8 Å². The fourth-order valence-electron chi connectivity index (χ4n) is 3.22. The van der Waals surface area contributed by atoms with Gasteiger partial charge in [-0.25, -0.2) is 13.1 Å². The maximum absolute atomic E-state index is 12.8. The summed E-state index contributed by atoms with van der Waals surface area (Å²) in [5, 5.41) is 0.790. The number of rotatable bonds is 4. The molecule has 1 aliphatic heterocycles. The molecule has 0 bridgehead atoms. The maximum atomic E-state index is 12.8. The van der Waals surface area contributed by atoms with Gasteiger partial charge in [-0.1, -0.05) is 29.3 Å². The summed E-state index contributed by atoms with van der Waals surface area (Å²) in [4.78, 5) is 13.6. The van der Waals surface area contributed by atoms with Crippen LogP contribution in [0, 0.1) is 0 Å². The molecular formula is C19H20Cl2N2O3S. The van der Waals surface area contributed by atoms with Crippen molar-refractivity contribution in [1.82, 2.24) is 4.72 Å². The molecule has 1 amide bonds. The molecule has 0 unspecified atom stereocenters. The van der Waals surface area contributed by atoms with Crippen LogP contribution >= 0.6 is 23.2 Å². The zero-order chi connectivity index (χ0) is 19.8. The van der Waals surface area contributed by atoms with Gasteiger partial charge in [-0.05, 0) is 61.2 Å². The van der Waals surface area contributed by atoms with Crippen molar-refractivity contribution in [3.05, 3.63) is 57.6 Å². The monoisotopic (exact) mass is 426 g/mol. The van der Waals surface area contributed by atoms with Gasteiger partial charge in [0, 0.05) is 25.2 Å². The van der Waals surface area contributed by atoms with Crippen molar-refractivity contribution in [3.63, 3.8) is 0 Å². The molecular weight excluding hydrogens is 407 g/mol. The van der Waals surface area contributed by atoms with Gasteiger partial charge in [0.1, 0.15) is 0 Å². The summed E-state index contributed by atoms with van der Waals surface area (Å²) in [5.41, 5.74) is 2.36. The Labute approximate surface area is 169 Å². The lowest BCUT2D eigenvalue weighted by Crippen LogP contribution is -2.34. The Kier molecular flexibility index (Phi) is 5.82. The van der Waals surface area contributed by atoms with Crippen molar-refractivity contribution in [1.29, 1.82) is 0 Å². The van der Waals surface area contributed by atoms with E-state index in [2.05, 4.69) is 4.72 Å². The molecule has 144 valence electrons. The summed E-state index contributed by atoms with van der Waals surface area (Å²) in [5.74, 6) is -0.0436. The molecule has 0 spiro atoms. The Morgan fingerprint density at radius 2 is 1.89 bits per heavy atom. The van der Waals surface area contributed by atoms with Gasteiger partial charge in [0.2, 0.25) is 15.9 Å². The first-order valence-electron chi connectivity index (χ1n) is 8.57. The molecule has 5 nitrogen and oxygen atoms in total. The smallest absolute Gasteiger partial charge is 0.241 e. The van der Waals surface area contributed by atoms with Gasteiger partial charge in [0.05, 0.1) is 14.9 Å². The number of amides is 1. The third kappa shape index (κ3) is 4.29. The van der Waals surface area contributed by atoms with E-state index < -0.39 is 16.1 Å². The van der Waals surface area contributed by atoms with Crippen LogP contribution < -0.4 is 9.62 Å². The Morgan fingerprint density at radius 3 is 2.56 bits per heavy atom. The highest BCUT2D eigenvalue weighted by atomic mass is 35.5. The van der Waals surface area contributed by atoms with E-state index in [1.54, 1.807) is 42.2 Å². The van der Waals surface area contributed by atoms with Gasteiger partial charge in [0.15, 0.2) is 0 Å². The fourth-order valence-corrected chi connectivity index (χ4v) is 4.81. The van der Waals surface area contributed by atoms with Crippen LogP contribution in [0.2, 0.25) is 10.0 Å². The van der Waals surface area contributed by atoms with Crippen LogP contribution in [0.25, 0.3) is 0 Å². The van der Waals surface area contributed by atoms with Crippen molar-refractivity contribution in [3.8, 4) is 0 Å². The average molecular weight is 427 g/mol. The van der Waals surface area contributed by atoms with E-state index in [0.29, 0.717) is 22.2 Å². The van der Waals surface area contributed by atoms with Crippen molar-refractivity contribution < 1.29 is 13.2 Å². The van der Waals surface area contributed by atoms with Crippen molar-refractivity contribution in [2.45, 2.75) is 37.6 Å². The predicted molar refractivity (Wildman–Crippen MR) is 108 cm³/mol. The highest BCUT2D eigenvalue weighted by molar-refractivity contribution is 7.89. The minimum Gasteiger partial charge on any atom is -0.312 e. The predicted octanol–water partition coefficient (Wildman–Crippen LogP) is 4.33. The van der Waals surface area contributed by atoms with E-state index in [1.165, 1.54) is 13.0 Å². The minimum atomic E-state index is -3.73. The number of benzene rings is 2. The van der Waals surface area contributed by atoms with Gasteiger partial charge < -0.3 is 4.90 Å². The molecule has 1 N–H and O–H groups in total. The molecule has 0 saturated carbocycles. The quantitative estimate of drug-likeness (QED) is 0.790. The number of hydrogen-bond acceptors (Lipinski definition) is 3. The van der Waals surface area contributed by atoms with Crippen LogP contribution in [0.1, 0.15) is 37.4 Å². The molecule has 0 aliphatic carbocycles. The van der Waals surface area contributed by atoms with Gasteiger partial charge in [0.25, 0.3) is 0 Å². The molecule has 0 aromatic heterocycles. The molecule has 0 fully saturated rings. The van der Waals surface area contributed by atoms with Crippen LogP contribution in [0.3, 0.4) is 0 Å². The summed E-state index contributed by atoms with van der Waals surface area (Å²) in [6, 6.07) is 9.43. The zero-order valence-corrected chi connectivity index (χ0v) is 17.3. The van der Waals surface area contributed by atoms with Crippen LogP contribution in [0.4, 0.5) is 5.69 Å². The number of carbonyl (C=O) groups is 1. The molecule has 2 aromatic rings. The van der Waals surface area contributed by atoms with Gasteiger partial charge in [-0.15, -0.1) is 0 Å². The highest BCUT2D eigenvalue weighted by Gasteiger charge is 2.24. The topological polar surface area (TPSA) is 66.5 Å². The van der Waals surface area contributed by atoms with Crippen LogP contribution in [-0.4, -0.2) is 20.9 Å². The molecule has 27 heavy (non-hydrogen) atoms. The fraction of sp³-hybridized carbons (Fsp3) is 0.316. The number of carbonyl (C=O) groups excluding carboxylic acids is 1. The SMILES string of the molecule is CC(=O)N1CCCc2cc(S(=O)(=O)N[C@H](C)c3ccc(Cl)c(Cl)c3)ccc21. The first-order chi connectivity index (χ1) is 12.7. The second-order valence-corrected chi connectivity index (χ2v) is 9.11. The van der Waals surface area contributed by atoms with E-state index in [9.17, 15) is 13.2 Å². The van der Waals surface area contributed by atoms with Crippen molar-refractivity contribution in [2.24, 2.45) is 0 Å².